The van der Waals surface area contributed by atoms with Crippen LogP contribution in [0.1, 0.15) is 30.4 Å². The number of aliphatic imine (C=N–C) groups is 1. The van der Waals surface area contributed by atoms with Gasteiger partial charge < -0.3 is 23.8 Å². The Balaban J connectivity index is 1.16. The molecule has 0 radical (unpaired) electrons. The van der Waals surface area contributed by atoms with E-state index < -0.39 is 5.91 Å². The zero-order chi connectivity index (χ0) is 26.9. The standard InChI is InChI=1S/C27H25N5O6S/c1-35-21-11-16(4-6-19(21)36-14-17-5-7-20-22(12-17)38-15-37-20)10-18-25(28)32-27(29-26(18)34)39-23(30-32)13-24(33)31-8-2-3-9-31/h4-7,10-12,28H,2-3,8-9,13-15H2,1H3/b18-10-,28-25?. The lowest BCUT2D eigenvalue weighted by atomic mass is 10.1. The zero-order valence-corrected chi connectivity index (χ0v) is 22.0. The number of hydrogen-bond donors (Lipinski definition) is 1. The number of benzene rings is 2. The van der Waals surface area contributed by atoms with Crippen LogP contribution in [-0.4, -0.2) is 64.8 Å². The molecule has 2 amide bonds. The first-order valence-corrected chi connectivity index (χ1v) is 13.3. The van der Waals surface area contributed by atoms with Gasteiger partial charge in [-0.15, -0.1) is 0 Å². The number of amidine groups is 2. The highest BCUT2D eigenvalue weighted by atomic mass is 32.2. The summed E-state index contributed by atoms with van der Waals surface area (Å²) < 4.78 is 22.2. The molecule has 2 aromatic carbocycles. The second-order valence-corrected chi connectivity index (χ2v) is 10.2. The van der Waals surface area contributed by atoms with E-state index in [2.05, 4.69) is 10.1 Å². The molecule has 1 N–H and O–H groups in total. The maximum atomic E-state index is 12.8. The number of carbonyl (C=O) groups is 2. The molecule has 0 saturated carbocycles. The van der Waals surface area contributed by atoms with Crippen molar-refractivity contribution in [3.8, 4) is 23.0 Å². The van der Waals surface area contributed by atoms with Crippen LogP contribution in [0.5, 0.6) is 23.0 Å². The SMILES string of the molecule is COc1cc(/C=C2/C(=N)N3N=C(CC(=O)N4CCCC4)SC3=NC2=O)ccc1OCc1ccc2c(c1)OCO2. The lowest BCUT2D eigenvalue weighted by molar-refractivity contribution is -0.128. The third kappa shape index (κ3) is 5.07. The maximum Gasteiger partial charge on any atom is 0.283 e. The van der Waals surface area contributed by atoms with Gasteiger partial charge in [0.2, 0.25) is 17.9 Å². The molecule has 11 nitrogen and oxygen atoms in total. The van der Waals surface area contributed by atoms with Crippen LogP contribution in [0.2, 0.25) is 0 Å². The van der Waals surface area contributed by atoms with Gasteiger partial charge in [0.15, 0.2) is 28.8 Å². The van der Waals surface area contributed by atoms with E-state index in [1.807, 2.05) is 23.1 Å². The number of nitrogens with one attached hydrogen (secondary N) is 1. The minimum atomic E-state index is -0.539. The van der Waals surface area contributed by atoms with Gasteiger partial charge in [-0.2, -0.15) is 15.1 Å². The van der Waals surface area contributed by atoms with E-state index >= 15 is 0 Å². The third-order valence-corrected chi connectivity index (χ3v) is 7.50. The predicted molar refractivity (Wildman–Crippen MR) is 145 cm³/mol. The van der Waals surface area contributed by atoms with Crippen molar-refractivity contribution in [3.63, 3.8) is 0 Å². The summed E-state index contributed by atoms with van der Waals surface area (Å²) >= 11 is 1.15. The van der Waals surface area contributed by atoms with Gasteiger partial charge in [0.1, 0.15) is 11.7 Å². The molecule has 2 aromatic rings. The summed E-state index contributed by atoms with van der Waals surface area (Å²) in [4.78, 5) is 31.3. The minimum Gasteiger partial charge on any atom is -0.493 e. The molecule has 0 aromatic heterocycles. The van der Waals surface area contributed by atoms with E-state index in [-0.39, 0.29) is 35.7 Å². The van der Waals surface area contributed by atoms with Crippen molar-refractivity contribution in [1.82, 2.24) is 9.91 Å². The van der Waals surface area contributed by atoms with Gasteiger partial charge in [0.25, 0.3) is 5.91 Å². The number of hydrogen-bond acceptors (Lipinski definition) is 9. The van der Waals surface area contributed by atoms with E-state index in [1.54, 1.807) is 24.3 Å². The molecular formula is C27H25N5O6S. The topological polar surface area (TPSA) is 126 Å². The van der Waals surface area contributed by atoms with Crippen LogP contribution >= 0.6 is 11.8 Å². The molecule has 0 unspecified atom stereocenters. The summed E-state index contributed by atoms with van der Waals surface area (Å²) in [5.74, 6) is 1.75. The van der Waals surface area contributed by atoms with Crippen LogP contribution in [0.25, 0.3) is 6.08 Å². The largest absolute Gasteiger partial charge is 0.493 e. The smallest absolute Gasteiger partial charge is 0.283 e. The number of rotatable bonds is 7. The number of ether oxygens (including phenoxy) is 4. The Bertz CT molecular complexity index is 1460. The lowest BCUT2D eigenvalue weighted by Gasteiger charge is -2.20. The fourth-order valence-electron chi connectivity index (χ4n) is 4.56. The van der Waals surface area contributed by atoms with Gasteiger partial charge in [-0.1, -0.05) is 12.1 Å². The van der Waals surface area contributed by atoms with E-state index in [4.69, 9.17) is 24.4 Å². The number of hydrazone groups is 1. The van der Waals surface area contributed by atoms with Crippen molar-refractivity contribution < 1.29 is 28.5 Å². The van der Waals surface area contributed by atoms with Gasteiger partial charge in [0.05, 0.1) is 19.1 Å². The number of carbonyl (C=O) groups excluding carboxylic acids is 2. The molecule has 12 heteroatoms. The molecule has 200 valence electrons. The van der Waals surface area contributed by atoms with Crippen molar-refractivity contribution in [3.05, 3.63) is 53.1 Å². The number of thioether (sulfide) groups is 1. The quantitative estimate of drug-likeness (QED) is 0.521. The highest BCUT2D eigenvalue weighted by Crippen LogP contribution is 2.35. The average molecular weight is 548 g/mol. The summed E-state index contributed by atoms with van der Waals surface area (Å²) in [6.07, 6.45) is 3.72. The lowest BCUT2D eigenvalue weighted by Crippen LogP contribution is -2.35. The summed E-state index contributed by atoms with van der Waals surface area (Å²) in [6, 6.07) is 10.9. The fourth-order valence-corrected chi connectivity index (χ4v) is 5.44. The Morgan fingerprint density at radius 2 is 1.95 bits per heavy atom. The van der Waals surface area contributed by atoms with Crippen molar-refractivity contribution >= 4 is 45.7 Å². The van der Waals surface area contributed by atoms with Crippen LogP contribution < -0.4 is 18.9 Å². The van der Waals surface area contributed by atoms with Gasteiger partial charge in [-0.3, -0.25) is 15.0 Å². The summed E-state index contributed by atoms with van der Waals surface area (Å²) in [5, 5.41) is 15.1. The molecule has 1 saturated heterocycles. The Morgan fingerprint density at radius 3 is 2.77 bits per heavy atom. The minimum absolute atomic E-state index is 0.000692. The molecule has 0 spiro atoms. The summed E-state index contributed by atoms with van der Waals surface area (Å²) in [7, 11) is 1.53. The Hall–Kier alpha value is -4.32. The molecule has 6 rings (SSSR count). The van der Waals surface area contributed by atoms with E-state index in [0.717, 1.165) is 43.3 Å². The van der Waals surface area contributed by atoms with Crippen LogP contribution in [0.3, 0.4) is 0 Å². The summed E-state index contributed by atoms with van der Waals surface area (Å²) in [5.41, 5.74) is 1.63. The van der Waals surface area contributed by atoms with Crippen molar-refractivity contribution in [2.75, 3.05) is 27.0 Å². The monoisotopic (exact) mass is 547 g/mol. The van der Waals surface area contributed by atoms with Crippen LogP contribution in [-0.2, 0) is 16.2 Å². The number of methoxy groups -OCH3 is 1. The molecule has 0 atom stereocenters. The maximum absolute atomic E-state index is 12.8. The molecule has 1 fully saturated rings. The first-order chi connectivity index (χ1) is 19.0. The highest BCUT2D eigenvalue weighted by molar-refractivity contribution is 8.27. The third-order valence-electron chi connectivity index (χ3n) is 6.59. The van der Waals surface area contributed by atoms with Crippen LogP contribution in [0.15, 0.2) is 52.1 Å². The zero-order valence-electron chi connectivity index (χ0n) is 21.1. The number of nitrogens with zero attached hydrogens (tertiary/aromatic N) is 4. The van der Waals surface area contributed by atoms with E-state index in [0.29, 0.717) is 40.2 Å². The molecule has 0 aliphatic carbocycles. The highest BCUT2D eigenvalue weighted by Gasteiger charge is 2.36. The first-order valence-electron chi connectivity index (χ1n) is 12.4. The van der Waals surface area contributed by atoms with Gasteiger partial charge in [0, 0.05) is 13.1 Å². The van der Waals surface area contributed by atoms with Crippen LogP contribution in [0, 0.1) is 5.41 Å². The van der Waals surface area contributed by atoms with Crippen molar-refractivity contribution in [2.24, 2.45) is 10.1 Å². The van der Waals surface area contributed by atoms with Crippen molar-refractivity contribution in [2.45, 2.75) is 25.9 Å². The number of likely N-dealkylation sites (tertiary alicyclic amines) is 1. The molecule has 39 heavy (non-hydrogen) atoms. The first kappa shape index (κ1) is 25.0. The van der Waals surface area contributed by atoms with Gasteiger partial charge in [-0.25, -0.2) is 0 Å². The Morgan fingerprint density at radius 1 is 1.13 bits per heavy atom. The van der Waals surface area contributed by atoms with Gasteiger partial charge in [-0.05, 0) is 66.1 Å². The number of fused-ring (bicyclic) bond motifs is 2. The molecule has 0 bridgehead atoms. The second-order valence-electron chi connectivity index (χ2n) is 9.17. The van der Waals surface area contributed by atoms with E-state index in [9.17, 15) is 9.59 Å². The Labute approximate surface area is 228 Å². The van der Waals surface area contributed by atoms with E-state index in [1.165, 1.54) is 12.1 Å². The Kier molecular flexibility index (Phi) is 6.69. The molecule has 4 heterocycles. The molecule has 4 aliphatic heterocycles. The van der Waals surface area contributed by atoms with Crippen molar-refractivity contribution in [1.29, 1.82) is 5.41 Å². The predicted octanol–water partition coefficient (Wildman–Crippen LogP) is 3.63. The van der Waals surface area contributed by atoms with Gasteiger partial charge >= 0.3 is 0 Å². The average Bonchev–Trinajstić information content (AvgIpc) is 3.71. The normalized spacial score (nSPS) is 18.8. The summed E-state index contributed by atoms with van der Waals surface area (Å²) in [6.45, 7) is 2.02. The van der Waals surface area contributed by atoms with Crippen LogP contribution in [0.4, 0.5) is 0 Å². The second kappa shape index (κ2) is 10.4. The molecule has 4 aliphatic rings. The molecular weight excluding hydrogens is 522 g/mol. The number of amides is 2. The fraction of sp³-hybridized carbons (Fsp3) is 0.296.